The van der Waals surface area contributed by atoms with Gasteiger partial charge in [0.2, 0.25) is 0 Å². The van der Waals surface area contributed by atoms with E-state index in [1.807, 2.05) is 0 Å². The molecule has 1 atom stereocenters. The van der Waals surface area contributed by atoms with E-state index >= 15 is 0 Å². The van der Waals surface area contributed by atoms with Gasteiger partial charge in [-0.1, -0.05) is 0 Å². The fourth-order valence-electron chi connectivity index (χ4n) is 0.781. The summed E-state index contributed by atoms with van der Waals surface area (Å²) in [6.45, 7) is 0.844. The van der Waals surface area contributed by atoms with Gasteiger partial charge in [-0.3, -0.25) is 4.79 Å². The Hall–Kier alpha value is -0.220. The van der Waals surface area contributed by atoms with Crippen LogP contribution in [0.15, 0.2) is 0 Å². The molecule has 0 amide bonds. The molecule has 1 saturated heterocycles. The SMILES string of the molecule is O=C(O)CC1CNCS1. The zero-order valence-electron chi connectivity index (χ0n) is 4.96. The molecule has 1 aliphatic rings. The van der Waals surface area contributed by atoms with Crippen molar-refractivity contribution < 1.29 is 9.90 Å². The largest absolute Gasteiger partial charge is 0.481 e. The molecule has 52 valence electrons. The first-order valence-electron chi connectivity index (χ1n) is 2.83. The van der Waals surface area contributed by atoms with Crippen molar-refractivity contribution in [3.8, 4) is 0 Å². The molecule has 0 aromatic rings. The summed E-state index contributed by atoms with van der Waals surface area (Å²) in [4.78, 5) is 10.1. The molecule has 9 heavy (non-hydrogen) atoms. The highest BCUT2D eigenvalue weighted by Gasteiger charge is 2.17. The minimum absolute atomic E-state index is 0.289. The zero-order valence-corrected chi connectivity index (χ0v) is 5.78. The van der Waals surface area contributed by atoms with Crippen LogP contribution in [0.4, 0.5) is 0 Å². The van der Waals surface area contributed by atoms with Gasteiger partial charge in [-0.25, -0.2) is 0 Å². The molecule has 1 rings (SSSR count). The van der Waals surface area contributed by atoms with E-state index in [1.54, 1.807) is 11.8 Å². The molecule has 0 bridgehead atoms. The Morgan fingerprint density at radius 2 is 2.67 bits per heavy atom. The number of hydrogen-bond donors (Lipinski definition) is 2. The molecule has 4 heteroatoms. The molecule has 0 spiro atoms. The number of aliphatic carboxylic acids is 1. The van der Waals surface area contributed by atoms with Crippen LogP contribution in [0.25, 0.3) is 0 Å². The van der Waals surface area contributed by atoms with Crippen molar-refractivity contribution in [3.63, 3.8) is 0 Å². The molecule has 2 N–H and O–H groups in total. The highest BCUT2D eigenvalue weighted by atomic mass is 32.2. The lowest BCUT2D eigenvalue weighted by atomic mass is 10.3. The Labute approximate surface area is 57.8 Å². The lowest BCUT2D eigenvalue weighted by Crippen LogP contribution is -2.15. The molecule has 0 aliphatic carbocycles. The van der Waals surface area contributed by atoms with E-state index < -0.39 is 5.97 Å². The predicted octanol–water partition coefficient (Wildman–Crippen LogP) is 0.124. The van der Waals surface area contributed by atoms with E-state index in [0.717, 1.165) is 12.4 Å². The van der Waals surface area contributed by atoms with Crippen LogP contribution >= 0.6 is 11.8 Å². The summed E-state index contributed by atoms with van der Waals surface area (Å²) in [6, 6.07) is 0. The molecule has 1 heterocycles. The standard InChI is InChI=1S/C5H9NO2S/c7-5(8)1-4-2-6-3-9-4/h4,6H,1-3H2,(H,7,8). The second-order valence-electron chi connectivity index (χ2n) is 1.98. The number of carbonyl (C=O) groups is 1. The van der Waals surface area contributed by atoms with Gasteiger partial charge in [0, 0.05) is 17.7 Å². The van der Waals surface area contributed by atoms with Crippen molar-refractivity contribution in [2.75, 3.05) is 12.4 Å². The molecule has 1 unspecified atom stereocenters. The third-order valence-electron chi connectivity index (χ3n) is 1.20. The minimum Gasteiger partial charge on any atom is -0.481 e. The van der Waals surface area contributed by atoms with E-state index in [0.29, 0.717) is 5.25 Å². The molecule has 0 radical (unpaired) electrons. The van der Waals surface area contributed by atoms with Crippen LogP contribution in [0.5, 0.6) is 0 Å². The smallest absolute Gasteiger partial charge is 0.304 e. The van der Waals surface area contributed by atoms with Crippen LogP contribution in [0, 0.1) is 0 Å². The van der Waals surface area contributed by atoms with Gasteiger partial charge < -0.3 is 10.4 Å². The summed E-state index contributed by atoms with van der Waals surface area (Å²) in [5.74, 6) is 0.203. The fraction of sp³-hybridized carbons (Fsp3) is 0.800. The van der Waals surface area contributed by atoms with E-state index in [4.69, 9.17) is 5.11 Å². The molecule has 3 nitrogen and oxygen atoms in total. The second-order valence-corrected chi connectivity index (χ2v) is 3.27. The van der Waals surface area contributed by atoms with Crippen LogP contribution in [-0.2, 0) is 4.79 Å². The van der Waals surface area contributed by atoms with Crippen molar-refractivity contribution in [1.29, 1.82) is 0 Å². The average molecular weight is 147 g/mol. The van der Waals surface area contributed by atoms with Crippen LogP contribution in [-0.4, -0.2) is 28.7 Å². The Kier molecular flexibility index (Phi) is 2.36. The maximum atomic E-state index is 10.1. The number of carboxylic acids is 1. The topological polar surface area (TPSA) is 49.3 Å². The van der Waals surface area contributed by atoms with Gasteiger partial charge in [0.1, 0.15) is 0 Å². The van der Waals surface area contributed by atoms with E-state index in [9.17, 15) is 4.79 Å². The summed E-state index contributed by atoms with van der Waals surface area (Å²) >= 11 is 1.68. The summed E-state index contributed by atoms with van der Waals surface area (Å²) in [5, 5.41) is 11.7. The molecular formula is C5H9NO2S. The molecule has 0 aromatic heterocycles. The average Bonchev–Trinajstić information content (AvgIpc) is 2.15. The zero-order chi connectivity index (χ0) is 6.69. The van der Waals surface area contributed by atoms with Gasteiger partial charge in [-0.05, 0) is 0 Å². The van der Waals surface area contributed by atoms with Crippen molar-refractivity contribution in [2.45, 2.75) is 11.7 Å². The number of carboxylic acid groups (broad SMARTS) is 1. The lowest BCUT2D eigenvalue weighted by molar-refractivity contribution is -0.136. The molecule has 0 aromatic carbocycles. The number of rotatable bonds is 2. The van der Waals surface area contributed by atoms with Crippen molar-refractivity contribution in [1.82, 2.24) is 5.32 Å². The summed E-state index contributed by atoms with van der Waals surface area (Å²) in [7, 11) is 0. The quantitative estimate of drug-likeness (QED) is 0.582. The highest BCUT2D eigenvalue weighted by molar-refractivity contribution is 8.00. The monoisotopic (exact) mass is 147 g/mol. The van der Waals surface area contributed by atoms with Gasteiger partial charge in [0.25, 0.3) is 0 Å². The summed E-state index contributed by atoms with van der Waals surface area (Å²) in [6.07, 6.45) is 0.289. The van der Waals surface area contributed by atoms with Crippen molar-refractivity contribution in [2.24, 2.45) is 0 Å². The minimum atomic E-state index is -0.698. The number of nitrogens with one attached hydrogen (secondary N) is 1. The molecule has 1 aliphatic heterocycles. The molecule has 1 fully saturated rings. The first-order chi connectivity index (χ1) is 4.29. The normalized spacial score (nSPS) is 26.4. The Morgan fingerprint density at radius 1 is 1.89 bits per heavy atom. The Bertz CT molecular complexity index is 112. The highest BCUT2D eigenvalue weighted by Crippen LogP contribution is 2.17. The van der Waals surface area contributed by atoms with Gasteiger partial charge in [0.05, 0.1) is 6.42 Å². The van der Waals surface area contributed by atoms with Crippen molar-refractivity contribution >= 4 is 17.7 Å². The third-order valence-corrected chi connectivity index (χ3v) is 2.37. The maximum absolute atomic E-state index is 10.1. The van der Waals surface area contributed by atoms with Crippen LogP contribution in [0.2, 0.25) is 0 Å². The van der Waals surface area contributed by atoms with Crippen LogP contribution < -0.4 is 5.32 Å². The summed E-state index contributed by atoms with van der Waals surface area (Å²) < 4.78 is 0. The van der Waals surface area contributed by atoms with E-state index in [1.165, 1.54) is 0 Å². The van der Waals surface area contributed by atoms with Crippen molar-refractivity contribution in [3.05, 3.63) is 0 Å². The van der Waals surface area contributed by atoms with E-state index in [2.05, 4.69) is 5.32 Å². The van der Waals surface area contributed by atoms with Gasteiger partial charge >= 0.3 is 5.97 Å². The number of hydrogen-bond acceptors (Lipinski definition) is 3. The number of thioether (sulfide) groups is 1. The van der Waals surface area contributed by atoms with Crippen LogP contribution in [0.1, 0.15) is 6.42 Å². The summed E-state index contributed by atoms with van der Waals surface area (Å²) in [5.41, 5.74) is 0. The maximum Gasteiger partial charge on any atom is 0.304 e. The fourth-order valence-corrected chi connectivity index (χ4v) is 1.75. The molecule has 0 saturated carbocycles. The van der Waals surface area contributed by atoms with E-state index in [-0.39, 0.29) is 6.42 Å². The second kappa shape index (κ2) is 3.08. The van der Waals surface area contributed by atoms with Gasteiger partial charge in [0.15, 0.2) is 0 Å². The third kappa shape index (κ3) is 2.24. The van der Waals surface area contributed by atoms with Gasteiger partial charge in [-0.2, -0.15) is 0 Å². The van der Waals surface area contributed by atoms with Crippen LogP contribution in [0.3, 0.4) is 0 Å². The Balaban J connectivity index is 2.19. The first kappa shape index (κ1) is 6.89. The van der Waals surface area contributed by atoms with Gasteiger partial charge in [-0.15, -0.1) is 11.8 Å². The first-order valence-corrected chi connectivity index (χ1v) is 3.88. The molecular weight excluding hydrogens is 138 g/mol. The predicted molar refractivity (Wildman–Crippen MR) is 36.5 cm³/mol. The Morgan fingerprint density at radius 3 is 3.11 bits per heavy atom. The lowest BCUT2D eigenvalue weighted by Gasteiger charge is -2.00.